The summed E-state index contributed by atoms with van der Waals surface area (Å²) in [5.74, 6) is 0.212. The van der Waals surface area contributed by atoms with Crippen LogP contribution in [0.25, 0.3) is 0 Å². The van der Waals surface area contributed by atoms with Gasteiger partial charge < -0.3 is 10.6 Å². The zero-order valence-corrected chi connectivity index (χ0v) is 15.1. The number of halogens is 1. The van der Waals surface area contributed by atoms with E-state index >= 15 is 0 Å². The summed E-state index contributed by atoms with van der Waals surface area (Å²) in [6.45, 7) is 7.09. The minimum absolute atomic E-state index is 0.212. The van der Waals surface area contributed by atoms with Gasteiger partial charge in [-0.2, -0.15) is 0 Å². The third-order valence-corrected chi connectivity index (χ3v) is 5.71. The quantitative estimate of drug-likeness (QED) is 0.862. The van der Waals surface area contributed by atoms with E-state index in [1.54, 1.807) is 11.3 Å². The van der Waals surface area contributed by atoms with Crippen LogP contribution in [0.1, 0.15) is 31.6 Å². The lowest BCUT2D eigenvalue weighted by Crippen LogP contribution is -2.49. The first-order chi connectivity index (χ1) is 9.99. The topological polar surface area (TPSA) is 49.6 Å². The summed E-state index contributed by atoms with van der Waals surface area (Å²) in [5.41, 5.74) is 5.98. The molecule has 0 bridgehead atoms. The highest BCUT2D eigenvalue weighted by molar-refractivity contribution is 9.11. The Hall–Kier alpha value is -0.430. The van der Waals surface area contributed by atoms with E-state index in [0.29, 0.717) is 19.1 Å². The van der Waals surface area contributed by atoms with Gasteiger partial charge in [-0.15, -0.1) is 11.3 Å². The molecular formula is C15H24BrN3OS. The minimum Gasteiger partial charge on any atom is -0.337 e. The van der Waals surface area contributed by atoms with Crippen LogP contribution in [-0.2, 0) is 11.3 Å². The third kappa shape index (κ3) is 4.77. The van der Waals surface area contributed by atoms with Gasteiger partial charge in [0.1, 0.15) is 0 Å². The van der Waals surface area contributed by atoms with Crippen LogP contribution in [0.4, 0.5) is 0 Å². The molecule has 0 saturated carbocycles. The molecule has 1 amide bonds. The SMILES string of the molecule is CCN(Cc1ccc(Br)s1)C(=O)CN1CCC(N)CC1C. The van der Waals surface area contributed by atoms with E-state index < -0.39 is 0 Å². The Bertz CT molecular complexity index is 479. The Morgan fingerprint density at radius 3 is 2.90 bits per heavy atom. The fourth-order valence-electron chi connectivity index (χ4n) is 2.77. The van der Waals surface area contributed by atoms with Gasteiger partial charge in [0.2, 0.25) is 5.91 Å². The maximum Gasteiger partial charge on any atom is 0.237 e. The Labute approximate surface area is 139 Å². The molecule has 0 aliphatic carbocycles. The number of likely N-dealkylation sites (tertiary alicyclic amines) is 1. The number of carbonyl (C=O) groups is 1. The van der Waals surface area contributed by atoms with Gasteiger partial charge in [-0.05, 0) is 54.8 Å². The van der Waals surface area contributed by atoms with Gasteiger partial charge >= 0.3 is 0 Å². The second-order valence-electron chi connectivity index (χ2n) is 5.72. The van der Waals surface area contributed by atoms with Gasteiger partial charge in [-0.1, -0.05) is 0 Å². The fourth-order valence-corrected chi connectivity index (χ4v) is 4.27. The van der Waals surface area contributed by atoms with E-state index in [-0.39, 0.29) is 11.9 Å². The Balaban J connectivity index is 1.90. The largest absolute Gasteiger partial charge is 0.337 e. The molecule has 118 valence electrons. The number of nitrogens with zero attached hydrogens (tertiary/aromatic N) is 2. The zero-order valence-electron chi connectivity index (χ0n) is 12.7. The van der Waals surface area contributed by atoms with Gasteiger partial charge in [0.15, 0.2) is 0 Å². The zero-order chi connectivity index (χ0) is 15.4. The molecule has 1 aliphatic rings. The second-order valence-corrected chi connectivity index (χ2v) is 8.27. The van der Waals surface area contributed by atoms with Crippen LogP contribution in [0.3, 0.4) is 0 Å². The highest BCUT2D eigenvalue weighted by atomic mass is 79.9. The molecule has 0 spiro atoms. The second kappa shape index (κ2) is 7.72. The lowest BCUT2D eigenvalue weighted by atomic mass is 9.99. The summed E-state index contributed by atoms with van der Waals surface area (Å²) in [5, 5.41) is 0. The van der Waals surface area contributed by atoms with Crippen LogP contribution in [0.15, 0.2) is 15.9 Å². The van der Waals surface area contributed by atoms with Crippen molar-refractivity contribution in [2.75, 3.05) is 19.6 Å². The van der Waals surface area contributed by atoms with Crippen molar-refractivity contribution in [3.63, 3.8) is 0 Å². The number of hydrogen-bond acceptors (Lipinski definition) is 4. The number of rotatable bonds is 5. The summed E-state index contributed by atoms with van der Waals surface area (Å²) < 4.78 is 1.11. The summed E-state index contributed by atoms with van der Waals surface area (Å²) >= 11 is 5.16. The van der Waals surface area contributed by atoms with Gasteiger partial charge in [0.25, 0.3) is 0 Å². The van der Waals surface area contributed by atoms with E-state index in [1.165, 1.54) is 4.88 Å². The van der Waals surface area contributed by atoms with Crippen LogP contribution >= 0.6 is 27.3 Å². The standard InChI is InChI=1S/C15H24BrN3OS/c1-3-18(9-13-4-5-14(16)21-13)15(20)10-19-7-6-12(17)8-11(19)2/h4-5,11-12H,3,6-10,17H2,1-2H3. The van der Waals surface area contributed by atoms with Gasteiger partial charge in [0, 0.05) is 30.1 Å². The van der Waals surface area contributed by atoms with Crippen LogP contribution < -0.4 is 5.73 Å². The predicted octanol–water partition coefficient (Wildman–Crippen LogP) is 2.67. The van der Waals surface area contributed by atoms with Crippen molar-refractivity contribution in [1.29, 1.82) is 0 Å². The molecule has 1 aromatic heterocycles. The lowest BCUT2D eigenvalue weighted by molar-refractivity contribution is -0.133. The van der Waals surface area contributed by atoms with E-state index in [9.17, 15) is 4.79 Å². The number of amides is 1. The van der Waals surface area contributed by atoms with Crippen molar-refractivity contribution in [1.82, 2.24) is 9.80 Å². The molecule has 6 heteroatoms. The molecule has 2 rings (SSSR count). The first-order valence-corrected chi connectivity index (χ1v) is 9.12. The molecule has 2 atom stereocenters. The molecule has 0 aromatic carbocycles. The Kier molecular flexibility index (Phi) is 6.22. The number of carbonyl (C=O) groups excluding carboxylic acids is 1. The molecular weight excluding hydrogens is 350 g/mol. The molecule has 2 N–H and O–H groups in total. The Morgan fingerprint density at radius 1 is 1.57 bits per heavy atom. The maximum atomic E-state index is 12.5. The first-order valence-electron chi connectivity index (χ1n) is 7.51. The van der Waals surface area contributed by atoms with Crippen molar-refractivity contribution < 1.29 is 4.79 Å². The molecule has 0 radical (unpaired) electrons. The average molecular weight is 374 g/mol. The highest BCUT2D eigenvalue weighted by Gasteiger charge is 2.26. The average Bonchev–Trinajstić information content (AvgIpc) is 2.84. The summed E-state index contributed by atoms with van der Waals surface area (Å²) in [6, 6.07) is 4.80. The van der Waals surface area contributed by atoms with Crippen molar-refractivity contribution in [3.8, 4) is 0 Å². The molecule has 1 fully saturated rings. The number of hydrogen-bond donors (Lipinski definition) is 1. The van der Waals surface area contributed by atoms with E-state index in [2.05, 4.69) is 33.8 Å². The van der Waals surface area contributed by atoms with Crippen molar-refractivity contribution >= 4 is 33.2 Å². The summed E-state index contributed by atoms with van der Waals surface area (Å²) in [4.78, 5) is 17.9. The summed E-state index contributed by atoms with van der Waals surface area (Å²) in [7, 11) is 0. The third-order valence-electron chi connectivity index (χ3n) is 4.10. The lowest BCUT2D eigenvalue weighted by Gasteiger charge is -2.36. The molecule has 2 heterocycles. The normalized spacial score (nSPS) is 23.2. The molecule has 1 aromatic rings. The summed E-state index contributed by atoms with van der Waals surface area (Å²) in [6.07, 6.45) is 1.97. The van der Waals surface area contributed by atoms with E-state index in [4.69, 9.17) is 5.73 Å². The number of nitrogens with two attached hydrogens (primary N) is 1. The van der Waals surface area contributed by atoms with E-state index in [1.807, 2.05) is 17.9 Å². The molecule has 1 aliphatic heterocycles. The van der Waals surface area contributed by atoms with Gasteiger partial charge in [-0.3, -0.25) is 9.69 Å². The van der Waals surface area contributed by atoms with Crippen LogP contribution in [0.2, 0.25) is 0 Å². The maximum absolute atomic E-state index is 12.5. The van der Waals surface area contributed by atoms with Crippen LogP contribution in [0, 0.1) is 0 Å². The predicted molar refractivity (Wildman–Crippen MR) is 91.4 cm³/mol. The van der Waals surface area contributed by atoms with Crippen LogP contribution in [-0.4, -0.2) is 47.4 Å². The number of thiophene rings is 1. The molecule has 4 nitrogen and oxygen atoms in total. The fraction of sp³-hybridized carbons (Fsp3) is 0.667. The highest BCUT2D eigenvalue weighted by Crippen LogP contribution is 2.23. The van der Waals surface area contributed by atoms with Crippen LogP contribution in [0.5, 0.6) is 0 Å². The van der Waals surface area contributed by atoms with Gasteiger partial charge in [0.05, 0.1) is 16.9 Å². The smallest absolute Gasteiger partial charge is 0.237 e. The van der Waals surface area contributed by atoms with Crippen molar-refractivity contribution in [2.45, 2.75) is 45.3 Å². The first kappa shape index (κ1) is 16.9. The minimum atomic E-state index is 0.212. The molecule has 1 saturated heterocycles. The van der Waals surface area contributed by atoms with E-state index in [0.717, 1.165) is 29.7 Å². The number of piperidine rings is 1. The number of likely N-dealkylation sites (N-methyl/N-ethyl adjacent to an activating group) is 1. The van der Waals surface area contributed by atoms with Crippen molar-refractivity contribution in [3.05, 3.63) is 20.8 Å². The molecule has 21 heavy (non-hydrogen) atoms. The Morgan fingerprint density at radius 2 is 2.33 bits per heavy atom. The monoisotopic (exact) mass is 373 g/mol. The van der Waals surface area contributed by atoms with Crippen molar-refractivity contribution in [2.24, 2.45) is 5.73 Å². The molecule has 2 unspecified atom stereocenters. The van der Waals surface area contributed by atoms with Gasteiger partial charge in [-0.25, -0.2) is 0 Å².